The van der Waals surface area contributed by atoms with Gasteiger partial charge in [0.15, 0.2) is 0 Å². The molecule has 0 radical (unpaired) electrons. The second kappa shape index (κ2) is 11.8. The van der Waals surface area contributed by atoms with Gasteiger partial charge in [0.2, 0.25) is 0 Å². The summed E-state index contributed by atoms with van der Waals surface area (Å²) < 4.78 is 11.7. The number of para-hydroxylation sites is 1. The van der Waals surface area contributed by atoms with Crippen LogP contribution in [0.5, 0.6) is 11.5 Å². The number of hydrogen-bond donors (Lipinski definition) is 3. The zero-order chi connectivity index (χ0) is 25.6. The Hall–Kier alpha value is -3.36. The minimum atomic E-state index is 0.488. The zero-order valence-corrected chi connectivity index (χ0v) is 22.5. The third-order valence-electron chi connectivity index (χ3n) is 6.36. The molecule has 0 aliphatic carbocycles. The lowest BCUT2D eigenvalue weighted by Gasteiger charge is -2.17. The van der Waals surface area contributed by atoms with E-state index in [9.17, 15) is 0 Å². The normalized spacial score (nSPS) is 13.8. The first kappa shape index (κ1) is 25.3. The van der Waals surface area contributed by atoms with Crippen molar-refractivity contribution in [2.45, 2.75) is 36.8 Å². The topological polar surface area (TPSA) is 74.4 Å². The first-order chi connectivity index (χ1) is 18.1. The largest absolute Gasteiger partial charge is 0.495 e. The van der Waals surface area contributed by atoms with E-state index >= 15 is 0 Å². The Labute approximate surface area is 223 Å². The molecule has 7 nitrogen and oxygen atoms in total. The molecule has 1 fully saturated rings. The van der Waals surface area contributed by atoms with E-state index in [0.717, 1.165) is 46.1 Å². The molecule has 5 rings (SSSR count). The first-order valence-corrected chi connectivity index (χ1v) is 13.8. The number of benzene rings is 2. The van der Waals surface area contributed by atoms with Crippen LogP contribution >= 0.6 is 11.8 Å². The fraction of sp³-hybridized carbons (Fsp3) is 0.345. The van der Waals surface area contributed by atoms with Crippen molar-refractivity contribution in [3.63, 3.8) is 0 Å². The molecular weight excluding hydrogens is 482 g/mol. The summed E-state index contributed by atoms with van der Waals surface area (Å²) in [5, 5.41) is 8.62. The molecule has 0 atom stereocenters. The maximum atomic E-state index is 6.07. The number of H-pyrrole nitrogens is 1. The van der Waals surface area contributed by atoms with Gasteiger partial charge in [-0.05, 0) is 56.3 Å². The molecule has 0 amide bonds. The monoisotopic (exact) mass is 517 g/mol. The van der Waals surface area contributed by atoms with Crippen molar-refractivity contribution >= 4 is 45.7 Å². The number of nitrogens with zero attached hydrogens (tertiary/aromatic N) is 2. The number of fused-ring (bicyclic) bond motifs is 1. The number of ether oxygens (including phenoxy) is 2. The van der Waals surface area contributed by atoms with Gasteiger partial charge >= 0.3 is 0 Å². The number of thioether (sulfide) groups is 1. The molecule has 0 spiro atoms. The SMILES string of the molecule is COc1ccc(OCCN2CCCC2)cc1Nc1cc(Nc2ccccc2SC(C)C)c2cc[nH]c2n1. The van der Waals surface area contributed by atoms with Crippen LogP contribution in [0.2, 0.25) is 0 Å². The van der Waals surface area contributed by atoms with E-state index in [1.54, 1.807) is 7.11 Å². The van der Waals surface area contributed by atoms with Crippen LogP contribution in [0.1, 0.15) is 26.7 Å². The molecule has 37 heavy (non-hydrogen) atoms. The van der Waals surface area contributed by atoms with Crippen LogP contribution in [0.3, 0.4) is 0 Å². The Morgan fingerprint density at radius 1 is 1.00 bits per heavy atom. The molecule has 2 aromatic heterocycles. The number of anilines is 4. The Bertz CT molecular complexity index is 1330. The van der Waals surface area contributed by atoms with Gasteiger partial charge in [-0.1, -0.05) is 26.0 Å². The zero-order valence-electron chi connectivity index (χ0n) is 21.7. The van der Waals surface area contributed by atoms with Crippen LogP contribution in [-0.2, 0) is 0 Å². The van der Waals surface area contributed by atoms with Gasteiger partial charge in [-0.3, -0.25) is 4.90 Å². The van der Waals surface area contributed by atoms with E-state index in [4.69, 9.17) is 14.5 Å². The highest BCUT2D eigenvalue weighted by atomic mass is 32.2. The van der Waals surface area contributed by atoms with E-state index in [-0.39, 0.29) is 0 Å². The molecule has 3 N–H and O–H groups in total. The van der Waals surface area contributed by atoms with Crippen molar-refractivity contribution in [2.24, 2.45) is 0 Å². The van der Waals surface area contributed by atoms with Gasteiger partial charge < -0.3 is 25.1 Å². The van der Waals surface area contributed by atoms with Crippen molar-refractivity contribution in [1.29, 1.82) is 0 Å². The minimum Gasteiger partial charge on any atom is -0.495 e. The predicted octanol–water partition coefficient (Wildman–Crippen LogP) is 7.03. The molecule has 0 bridgehead atoms. The average molecular weight is 518 g/mol. The summed E-state index contributed by atoms with van der Waals surface area (Å²) >= 11 is 1.84. The lowest BCUT2D eigenvalue weighted by Crippen LogP contribution is -2.25. The second-order valence-electron chi connectivity index (χ2n) is 9.47. The number of aromatic amines is 1. The van der Waals surface area contributed by atoms with Crippen molar-refractivity contribution in [1.82, 2.24) is 14.9 Å². The standard InChI is InChI=1S/C29H35N5O2S/c1-20(2)37-27-9-5-4-8-23(27)31-24-19-28(33-29-22(24)12-13-30-29)32-25-18-21(10-11-26(25)35-3)36-17-16-34-14-6-7-15-34/h4-5,8-13,18-20H,6-7,14-17H2,1-3H3,(H3,30,31,32,33). The van der Waals surface area contributed by atoms with Crippen molar-refractivity contribution in [3.8, 4) is 11.5 Å². The molecule has 3 heterocycles. The van der Waals surface area contributed by atoms with Crippen LogP contribution in [0.4, 0.5) is 22.9 Å². The van der Waals surface area contributed by atoms with Crippen LogP contribution in [0.25, 0.3) is 11.0 Å². The lowest BCUT2D eigenvalue weighted by molar-refractivity contribution is 0.237. The number of likely N-dealkylation sites (tertiary alicyclic amines) is 1. The molecular formula is C29H35N5O2S. The van der Waals surface area contributed by atoms with E-state index in [0.29, 0.717) is 17.7 Å². The molecule has 8 heteroatoms. The van der Waals surface area contributed by atoms with Gasteiger partial charge in [-0.15, -0.1) is 11.8 Å². The molecule has 1 aliphatic rings. The maximum Gasteiger partial charge on any atom is 0.142 e. The van der Waals surface area contributed by atoms with Gasteiger partial charge in [0, 0.05) is 40.4 Å². The summed E-state index contributed by atoms with van der Waals surface area (Å²) in [6.45, 7) is 8.37. The first-order valence-electron chi connectivity index (χ1n) is 12.9. The summed E-state index contributed by atoms with van der Waals surface area (Å²) in [5.41, 5.74) is 3.66. The van der Waals surface area contributed by atoms with Crippen molar-refractivity contribution < 1.29 is 9.47 Å². The highest BCUT2D eigenvalue weighted by Crippen LogP contribution is 2.36. The third kappa shape index (κ3) is 6.32. The predicted molar refractivity (Wildman–Crippen MR) is 154 cm³/mol. The summed E-state index contributed by atoms with van der Waals surface area (Å²) in [6, 6.07) is 18.3. The van der Waals surface area contributed by atoms with Crippen LogP contribution in [-0.4, -0.2) is 53.5 Å². The van der Waals surface area contributed by atoms with Gasteiger partial charge in [-0.25, -0.2) is 4.98 Å². The number of aromatic nitrogens is 2. The maximum absolute atomic E-state index is 6.07. The summed E-state index contributed by atoms with van der Waals surface area (Å²) in [7, 11) is 1.67. The number of methoxy groups -OCH3 is 1. The number of rotatable bonds is 11. The van der Waals surface area contributed by atoms with E-state index in [2.05, 4.69) is 58.6 Å². The van der Waals surface area contributed by atoms with Crippen LogP contribution < -0.4 is 20.1 Å². The summed E-state index contributed by atoms with van der Waals surface area (Å²) in [5.74, 6) is 2.24. The fourth-order valence-electron chi connectivity index (χ4n) is 4.59. The third-order valence-corrected chi connectivity index (χ3v) is 7.44. The lowest BCUT2D eigenvalue weighted by atomic mass is 10.2. The molecule has 1 aliphatic heterocycles. The smallest absolute Gasteiger partial charge is 0.142 e. The summed E-state index contributed by atoms with van der Waals surface area (Å²) in [6.07, 6.45) is 4.48. The average Bonchev–Trinajstić information content (AvgIpc) is 3.58. The summed E-state index contributed by atoms with van der Waals surface area (Å²) in [4.78, 5) is 11.7. The molecule has 0 unspecified atom stereocenters. The molecule has 4 aromatic rings. The number of hydrogen-bond acceptors (Lipinski definition) is 7. The Balaban J connectivity index is 1.38. The Kier molecular flexibility index (Phi) is 8.06. The molecule has 0 saturated carbocycles. The van der Waals surface area contributed by atoms with Gasteiger partial charge in [0.05, 0.1) is 24.2 Å². The van der Waals surface area contributed by atoms with Gasteiger partial charge in [-0.2, -0.15) is 0 Å². The minimum absolute atomic E-state index is 0.488. The Morgan fingerprint density at radius 2 is 1.84 bits per heavy atom. The quantitative estimate of drug-likeness (QED) is 0.184. The van der Waals surface area contributed by atoms with Crippen LogP contribution in [0.15, 0.2) is 65.7 Å². The van der Waals surface area contributed by atoms with Crippen LogP contribution in [0, 0.1) is 0 Å². The van der Waals surface area contributed by atoms with Gasteiger partial charge in [0.25, 0.3) is 0 Å². The number of nitrogens with one attached hydrogen (secondary N) is 3. The van der Waals surface area contributed by atoms with E-state index in [1.165, 1.54) is 30.8 Å². The Morgan fingerprint density at radius 3 is 2.65 bits per heavy atom. The van der Waals surface area contributed by atoms with Gasteiger partial charge in [0.1, 0.15) is 29.6 Å². The van der Waals surface area contributed by atoms with Crippen molar-refractivity contribution in [3.05, 3.63) is 60.8 Å². The molecule has 2 aromatic carbocycles. The van der Waals surface area contributed by atoms with E-state index in [1.807, 2.05) is 48.3 Å². The fourth-order valence-corrected chi connectivity index (χ4v) is 5.50. The molecule has 194 valence electrons. The molecule has 1 saturated heterocycles. The van der Waals surface area contributed by atoms with Crippen molar-refractivity contribution in [2.75, 3.05) is 44.0 Å². The second-order valence-corrected chi connectivity index (χ2v) is 11.1. The van der Waals surface area contributed by atoms with E-state index < -0.39 is 0 Å². The number of pyridine rings is 1. The highest BCUT2D eigenvalue weighted by Gasteiger charge is 2.14. The highest BCUT2D eigenvalue weighted by molar-refractivity contribution is 8.00.